The van der Waals surface area contributed by atoms with Gasteiger partial charge in [-0.25, -0.2) is 0 Å². The summed E-state index contributed by atoms with van der Waals surface area (Å²) in [4.78, 5) is 2.56. The molecule has 1 fully saturated rings. The summed E-state index contributed by atoms with van der Waals surface area (Å²) in [5.41, 5.74) is 2.56. The molecule has 4 nitrogen and oxygen atoms in total. The second-order valence-electron chi connectivity index (χ2n) is 7.37. The van der Waals surface area contributed by atoms with Gasteiger partial charge in [-0.15, -0.1) is 0 Å². The Morgan fingerprint density at radius 3 is 2.21 bits per heavy atom. The lowest BCUT2D eigenvalue weighted by Crippen LogP contribution is -2.45. The number of nitrogens with one attached hydrogen (secondary N) is 1. The molecule has 3 aromatic carbocycles. The molecule has 1 N–H and O–H groups in total. The van der Waals surface area contributed by atoms with Gasteiger partial charge in [-0.1, -0.05) is 42.5 Å². The standard InChI is InChI=1S/C25H30N2O2/c1-3-28-23-12-11-22(18-24(23)29-4-2)25(27-15-13-26-14-16-27)21-10-9-19-7-5-6-8-20(19)17-21/h5-12,17-18,25-26H,3-4,13-16H2,1-2H3. The number of hydrogen-bond donors (Lipinski definition) is 1. The highest BCUT2D eigenvalue weighted by atomic mass is 16.5. The van der Waals surface area contributed by atoms with Gasteiger partial charge in [0.1, 0.15) is 0 Å². The lowest BCUT2D eigenvalue weighted by Gasteiger charge is -2.36. The minimum absolute atomic E-state index is 0.191. The molecule has 1 aliphatic rings. The summed E-state index contributed by atoms with van der Waals surface area (Å²) in [7, 11) is 0. The van der Waals surface area contributed by atoms with Crippen LogP contribution in [0.15, 0.2) is 60.7 Å². The van der Waals surface area contributed by atoms with E-state index < -0.39 is 0 Å². The van der Waals surface area contributed by atoms with Crippen LogP contribution in [0.4, 0.5) is 0 Å². The van der Waals surface area contributed by atoms with Gasteiger partial charge >= 0.3 is 0 Å². The van der Waals surface area contributed by atoms with Crippen molar-refractivity contribution in [2.24, 2.45) is 0 Å². The number of nitrogens with zero attached hydrogens (tertiary/aromatic N) is 1. The van der Waals surface area contributed by atoms with Crippen LogP contribution in [0.3, 0.4) is 0 Å². The SMILES string of the molecule is CCOc1ccc(C(c2ccc3ccccc3c2)N2CCNCC2)cc1OCC. The number of rotatable bonds is 7. The molecule has 29 heavy (non-hydrogen) atoms. The zero-order chi connectivity index (χ0) is 20.1. The summed E-state index contributed by atoms with van der Waals surface area (Å²) in [5, 5.41) is 6.03. The fourth-order valence-electron chi connectivity index (χ4n) is 4.17. The smallest absolute Gasteiger partial charge is 0.161 e. The van der Waals surface area contributed by atoms with E-state index in [0.717, 1.165) is 37.7 Å². The van der Waals surface area contributed by atoms with Gasteiger partial charge in [0.25, 0.3) is 0 Å². The van der Waals surface area contributed by atoms with Crippen LogP contribution in [-0.2, 0) is 0 Å². The number of piperazine rings is 1. The molecule has 3 aromatic rings. The summed E-state index contributed by atoms with van der Waals surface area (Å²) < 4.78 is 11.7. The quantitative estimate of drug-likeness (QED) is 0.638. The van der Waals surface area contributed by atoms with Crippen LogP contribution < -0.4 is 14.8 Å². The van der Waals surface area contributed by atoms with Crippen molar-refractivity contribution in [1.29, 1.82) is 0 Å². The molecule has 0 aromatic heterocycles. The monoisotopic (exact) mass is 390 g/mol. The predicted molar refractivity (Wildman–Crippen MR) is 119 cm³/mol. The highest BCUT2D eigenvalue weighted by Crippen LogP contribution is 2.36. The summed E-state index contributed by atoms with van der Waals surface area (Å²) in [5.74, 6) is 1.64. The minimum atomic E-state index is 0.191. The summed E-state index contributed by atoms with van der Waals surface area (Å²) in [6, 6.07) is 22.0. The van der Waals surface area contributed by atoms with Crippen molar-refractivity contribution < 1.29 is 9.47 Å². The molecule has 0 bridgehead atoms. The third-order valence-corrected chi connectivity index (χ3v) is 5.49. The van der Waals surface area contributed by atoms with Crippen molar-refractivity contribution in [2.45, 2.75) is 19.9 Å². The molecule has 4 heteroatoms. The van der Waals surface area contributed by atoms with E-state index in [1.165, 1.54) is 21.9 Å². The zero-order valence-corrected chi connectivity index (χ0v) is 17.4. The largest absolute Gasteiger partial charge is 0.490 e. The Balaban J connectivity index is 1.78. The van der Waals surface area contributed by atoms with Crippen LogP contribution >= 0.6 is 0 Å². The third-order valence-electron chi connectivity index (χ3n) is 5.49. The molecule has 1 heterocycles. The molecule has 0 saturated carbocycles. The third kappa shape index (κ3) is 4.39. The molecule has 1 unspecified atom stereocenters. The van der Waals surface area contributed by atoms with E-state index in [9.17, 15) is 0 Å². The van der Waals surface area contributed by atoms with Gasteiger partial charge in [0.05, 0.1) is 19.3 Å². The van der Waals surface area contributed by atoms with Gasteiger partial charge in [0.2, 0.25) is 0 Å². The first-order chi connectivity index (χ1) is 14.3. The molecule has 0 radical (unpaired) electrons. The Bertz CT molecular complexity index is 950. The van der Waals surface area contributed by atoms with E-state index in [-0.39, 0.29) is 6.04 Å². The van der Waals surface area contributed by atoms with Crippen molar-refractivity contribution in [1.82, 2.24) is 10.2 Å². The first-order valence-electron chi connectivity index (χ1n) is 10.6. The topological polar surface area (TPSA) is 33.7 Å². The fraction of sp³-hybridized carbons (Fsp3) is 0.360. The van der Waals surface area contributed by atoms with Crippen LogP contribution in [0.1, 0.15) is 31.0 Å². The first-order valence-corrected chi connectivity index (χ1v) is 10.6. The second-order valence-corrected chi connectivity index (χ2v) is 7.37. The summed E-state index contributed by atoms with van der Waals surface area (Å²) in [6.07, 6.45) is 0. The Morgan fingerprint density at radius 2 is 1.45 bits per heavy atom. The Hall–Kier alpha value is -2.56. The fourth-order valence-corrected chi connectivity index (χ4v) is 4.17. The zero-order valence-electron chi connectivity index (χ0n) is 17.4. The van der Waals surface area contributed by atoms with Crippen molar-refractivity contribution in [3.05, 3.63) is 71.8 Å². The lowest BCUT2D eigenvalue weighted by atomic mass is 9.94. The predicted octanol–water partition coefficient (Wildman–Crippen LogP) is 4.63. The normalized spacial score (nSPS) is 15.9. The molecule has 0 aliphatic carbocycles. The van der Waals surface area contributed by atoms with Crippen molar-refractivity contribution in [3.63, 3.8) is 0 Å². The van der Waals surface area contributed by atoms with Gasteiger partial charge in [0, 0.05) is 26.2 Å². The molecular formula is C25H30N2O2. The number of hydrogen-bond acceptors (Lipinski definition) is 4. The maximum atomic E-state index is 5.92. The van der Waals surface area contributed by atoms with E-state index in [1.54, 1.807) is 0 Å². The average molecular weight is 391 g/mol. The molecule has 0 spiro atoms. The van der Waals surface area contributed by atoms with Crippen molar-refractivity contribution in [2.75, 3.05) is 39.4 Å². The van der Waals surface area contributed by atoms with Crippen LogP contribution in [0.2, 0.25) is 0 Å². The molecule has 152 valence electrons. The summed E-state index contributed by atoms with van der Waals surface area (Å²) in [6.45, 7) is 9.34. The van der Waals surface area contributed by atoms with Gasteiger partial charge in [-0.05, 0) is 53.9 Å². The highest BCUT2D eigenvalue weighted by molar-refractivity contribution is 5.83. The molecular weight excluding hydrogens is 360 g/mol. The van der Waals surface area contributed by atoms with Gasteiger partial charge in [0.15, 0.2) is 11.5 Å². The average Bonchev–Trinajstić information content (AvgIpc) is 2.77. The van der Waals surface area contributed by atoms with Gasteiger partial charge in [-0.3, -0.25) is 4.90 Å². The minimum Gasteiger partial charge on any atom is -0.490 e. The van der Waals surface area contributed by atoms with Crippen LogP contribution in [-0.4, -0.2) is 44.3 Å². The molecule has 1 atom stereocenters. The van der Waals surface area contributed by atoms with Crippen LogP contribution in [0.25, 0.3) is 10.8 Å². The van der Waals surface area contributed by atoms with Crippen LogP contribution in [0, 0.1) is 0 Å². The Kier molecular flexibility index (Phi) is 6.33. The maximum absolute atomic E-state index is 5.92. The van der Waals surface area contributed by atoms with Crippen molar-refractivity contribution in [3.8, 4) is 11.5 Å². The molecule has 0 amide bonds. The number of fused-ring (bicyclic) bond motifs is 1. The van der Waals surface area contributed by atoms with Gasteiger partial charge in [-0.2, -0.15) is 0 Å². The number of benzene rings is 3. The first kappa shape index (κ1) is 19.7. The van der Waals surface area contributed by atoms with E-state index >= 15 is 0 Å². The summed E-state index contributed by atoms with van der Waals surface area (Å²) >= 11 is 0. The van der Waals surface area contributed by atoms with Crippen molar-refractivity contribution >= 4 is 10.8 Å². The highest BCUT2D eigenvalue weighted by Gasteiger charge is 2.25. The molecule has 1 saturated heterocycles. The molecule has 4 rings (SSSR count). The van der Waals surface area contributed by atoms with E-state index in [1.807, 2.05) is 13.8 Å². The van der Waals surface area contributed by atoms with E-state index in [0.29, 0.717) is 13.2 Å². The lowest BCUT2D eigenvalue weighted by molar-refractivity contribution is 0.198. The van der Waals surface area contributed by atoms with E-state index in [4.69, 9.17) is 9.47 Å². The Labute approximate surface area is 173 Å². The van der Waals surface area contributed by atoms with Crippen LogP contribution in [0.5, 0.6) is 11.5 Å². The Morgan fingerprint density at radius 1 is 0.793 bits per heavy atom. The molecule has 1 aliphatic heterocycles. The van der Waals surface area contributed by atoms with E-state index in [2.05, 4.69) is 70.9 Å². The second kappa shape index (κ2) is 9.29. The number of ether oxygens (including phenoxy) is 2. The van der Waals surface area contributed by atoms with Gasteiger partial charge < -0.3 is 14.8 Å². The maximum Gasteiger partial charge on any atom is 0.161 e.